The normalized spacial score (nSPS) is 15.4. The molecule has 1 amide bonds. The molecule has 0 saturated heterocycles. The summed E-state index contributed by atoms with van der Waals surface area (Å²) in [6.45, 7) is 0. The summed E-state index contributed by atoms with van der Waals surface area (Å²) in [5, 5.41) is 2.90. The van der Waals surface area contributed by atoms with Crippen molar-refractivity contribution in [3.8, 4) is 0 Å². The minimum atomic E-state index is -0.528. The molecule has 1 saturated carbocycles. The van der Waals surface area contributed by atoms with Gasteiger partial charge in [0.15, 0.2) is 5.58 Å². The molecule has 3 aromatic rings. The molecule has 0 aliphatic heterocycles. The average molecular weight is 342 g/mol. The third kappa shape index (κ3) is 3.28. The molecular formula is C18H15FN2O2S. The fraction of sp³-hybridized carbons (Fsp3) is 0.222. The predicted molar refractivity (Wildman–Crippen MR) is 90.2 cm³/mol. The zero-order valence-electron chi connectivity index (χ0n) is 12.7. The number of fused-ring (bicyclic) bond motifs is 1. The summed E-state index contributed by atoms with van der Waals surface area (Å²) in [5.74, 6) is -0.427. The Kier molecular flexibility index (Phi) is 3.98. The van der Waals surface area contributed by atoms with Gasteiger partial charge in [0, 0.05) is 6.04 Å². The highest BCUT2D eigenvalue weighted by atomic mass is 32.2. The van der Waals surface area contributed by atoms with Crippen LogP contribution in [-0.2, 0) is 4.79 Å². The van der Waals surface area contributed by atoms with Gasteiger partial charge in [-0.1, -0.05) is 24.3 Å². The van der Waals surface area contributed by atoms with E-state index in [1.165, 1.54) is 23.9 Å². The molecule has 4 nitrogen and oxygen atoms in total. The summed E-state index contributed by atoms with van der Waals surface area (Å²) in [6.07, 6.45) is 2.02. The van der Waals surface area contributed by atoms with Gasteiger partial charge in [0.1, 0.15) is 16.6 Å². The number of hydrogen-bond acceptors (Lipinski definition) is 4. The number of carbonyl (C=O) groups is 1. The van der Waals surface area contributed by atoms with Crippen LogP contribution in [0.4, 0.5) is 4.39 Å². The zero-order valence-corrected chi connectivity index (χ0v) is 13.6. The maximum Gasteiger partial charge on any atom is 0.257 e. The second-order valence-electron chi connectivity index (χ2n) is 5.78. The first-order valence-electron chi connectivity index (χ1n) is 7.77. The van der Waals surface area contributed by atoms with Gasteiger partial charge in [-0.05, 0) is 54.4 Å². The standard InChI is InChI=1S/C18H15FN2O2S/c19-12-7-5-11(6-8-12)16(17(22)20-13-9-10-13)24-18-21-14-3-1-2-4-15(14)23-18/h1-8,13,16H,9-10H2,(H,20,22). The van der Waals surface area contributed by atoms with E-state index >= 15 is 0 Å². The number of oxazole rings is 1. The van der Waals surface area contributed by atoms with Crippen LogP contribution in [0, 0.1) is 5.82 Å². The molecule has 0 spiro atoms. The maximum absolute atomic E-state index is 13.2. The van der Waals surface area contributed by atoms with E-state index in [0.717, 1.165) is 23.9 Å². The number of amides is 1. The van der Waals surface area contributed by atoms with E-state index in [4.69, 9.17) is 4.42 Å². The topological polar surface area (TPSA) is 55.1 Å². The number of para-hydroxylation sites is 2. The second kappa shape index (κ2) is 6.28. The average Bonchev–Trinajstić information content (AvgIpc) is 3.29. The van der Waals surface area contributed by atoms with E-state index < -0.39 is 5.25 Å². The smallest absolute Gasteiger partial charge is 0.257 e. The van der Waals surface area contributed by atoms with Gasteiger partial charge >= 0.3 is 0 Å². The SMILES string of the molecule is O=C(NC1CC1)C(Sc1nc2ccccc2o1)c1ccc(F)cc1. The highest BCUT2D eigenvalue weighted by molar-refractivity contribution is 8.00. The summed E-state index contributed by atoms with van der Waals surface area (Å²) in [5.41, 5.74) is 2.16. The number of thioether (sulfide) groups is 1. The van der Waals surface area contributed by atoms with Crippen LogP contribution in [0.3, 0.4) is 0 Å². The van der Waals surface area contributed by atoms with Gasteiger partial charge in [-0.25, -0.2) is 9.37 Å². The van der Waals surface area contributed by atoms with Crippen molar-refractivity contribution >= 4 is 28.8 Å². The monoisotopic (exact) mass is 342 g/mol. The molecule has 2 aromatic carbocycles. The zero-order chi connectivity index (χ0) is 16.5. The van der Waals surface area contributed by atoms with Crippen LogP contribution in [0.25, 0.3) is 11.1 Å². The van der Waals surface area contributed by atoms with E-state index in [1.807, 2.05) is 24.3 Å². The fourth-order valence-corrected chi connectivity index (χ4v) is 3.38. The lowest BCUT2D eigenvalue weighted by Crippen LogP contribution is -2.29. The molecule has 1 unspecified atom stereocenters. The molecule has 0 bridgehead atoms. The number of benzene rings is 2. The quantitative estimate of drug-likeness (QED) is 0.710. The Balaban J connectivity index is 1.63. The Labute approximate surface area is 142 Å². The molecule has 0 radical (unpaired) electrons. The molecule has 1 heterocycles. The molecule has 1 fully saturated rings. The van der Waals surface area contributed by atoms with Crippen LogP contribution in [0.5, 0.6) is 0 Å². The summed E-state index contributed by atoms with van der Waals surface area (Å²) in [6, 6.07) is 13.7. The molecular weight excluding hydrogens is 327 g/mol. The summed E-state index contributed by atoms with van der Waals surface area (Å²) in [7, 11) is 0. The van der Waals surface area contributed by atoms with Crippen LogP contribution < -0.4 is 5.32 Å². The van der Waals surface area contributed by atoms with Crippen LogP contribution in [0.15, 0.2) is 58.2 Å². The maximum atomic E-state index is 13.2. The van der Waals surface area contributed by atoms with Crippen molar-refractivity contribution in [3.05, 3.63) is 59.9 Å². The number of aromatic nitrogens is 1. The molecule has 1 aromatic heterocycles. The van der Waals surface area contributed by atoms with Gasteiger partial charge < -0.3 is 9.73 Å². The molecule has 1 aliphatic rings. The van der Waals surface area contributed by atoms with Crippen molar-refractivity contribution in [3.63, 3.8) is 0 Å². The lowest BCUT2D eigenvalue weighted by atomic mass is 10.1. The van der Waals surface area contributed by atoms with Crippen LogP contribution in [0.2, 0.25) is 0 Å². The van der Waals surface area contributed by atoms with Crippen molar-refractivity contribution in [2.45, 2.75) is 29.4 Å². The van der Waals surface area contributed by atoms with Gasteiger partial charge in [-0.15, -0.1) is 0 Å². The minimum absolute atomic E-state index is 0.101. The Hall–Kier alpha value is -2.34. The van der Waals surface area contributed by atoms with Crippen LogP contribution in [0.1, 0.15) is 23.7 Å². The van der Waals surface area contributed by atoms with Gasteiger partial charge in [-0.3, -0.25) is 4.79 Å². The van der Waals surface area contributed by atoms with Crippen molar-refractivity contribution in [2.75, 3.05) is 0 Å². The third-order valence-corrected chi connectivity index (χ3v) is 4.93. The van der Waals surface area contributed by atoms with Gasteiger partial charge in [0.25, 0.3) is 5.22 Å². The van der Waals surface area contributed by atoms with Gasteiger partial charge in [-0.2, -0.15) is 0 Å². The van der Waals surface area contributed by atoms with Crippen molar-refractivity contribution < 1.29 is 13.6 Å². The minimum Gasteiger partial charge on any atom is -0.431 e. The molecule has 122 valence electrons. The van der Waals surface area contributed by atoms with Crippen molar-refractivity contribution in [1.29, 1.82) is 0 Å². The summed E-state index contributed by atoms with van der Waals surface area (Å²) >= 11 is 1.24. The number of rotatable bonds is 5. The van der Waals surface area contributed by atoms with E-state index in [2.05, 4.69) is 10.3 Å². The van der Waals surface area contributed by atoms with Crippen LogP contribution >= 0.6 is 11.8 Å². The fourth-order valence-electron chi connectivity index (χ4n) is 2.42. The van der Waals surface area contributed by atoms with Gasteiger partial charge in [0.05, 0.1) is 0 Å². The van der Waals surface area contributed by atoms with Gasteiger partial charge in [0.2, 0.25) is 5.91 Å². The first kappa shape index (κ1) is 15.2. The molecule has 24 heavy (non-hydrogen) atoms. The Morgan fingerprint density at radius 1 is 1.21 bits per heavy atom. The number of carbonyl (C=O) groups excluding carboxylic acids is 1. The summed E-state index contributed by atoms with van der Waals surface area (Å²) < 4.78 is 18.9. The molecule has 4 rings (SSSR count). The lowest BCUT2D eigenvalue weighted by molar-refractivity contribution is -0.120. The third-order valence-electron chi connectivity index (χ3n) is 3.83. The van der Waals surface area contributed by atoms with Crippen LogP contribution in [-0.4, -0.2) is 16.9 Å². The highest BCUT2D eigenvalue weighted by Gasteiger charge is 2.30. The van der Waals surface area contributed by atoms with E-state index in [1.54, 1.807) is 12.1 Å². The largest absolute Gasteiger partial charge is 0.431 e. The lowest BCUT2D eigenvalue weighted by Gasteiger charge is -2.15. The Bertz CT molecular complexity index is 841. The molecule has 1 aliphatic carbocycles. The Morgan fingerprint density at radius 3 is 2.67 bits per heavy atom. The predicted octanol–water partition coefficient (Wildman–Crippen LogP) is 4.08. The van der Waals surface area contributed by atoms with Crippen molar-refractivity contribution in [2.24, 2.45) is 0 Å². The number of nitrogens with zero attached hydrogens (tertiary/aromatic N) is 1. The molecule has 1 N–H and O–H groups in total. The van der Waals surface area contributed by atoms with Crippen molar-refractivity contribution in [1.82, 2.24) is 10.3 Å². The molecule has 1 atom stereocenters. The number of halogens is 1. The van der Waals surface area contributed by atoms with E-state index in [9.17, 15) is 9.18 Å². The number of nitrogens with one attached hydrogen (secondary N) is 1. The second-order valence-corrected chi connectivity index (χ2v) is 6.84. The first-order valence-corrected chi connectivity index (χ1v) is 8.65. The summed E-state index contributed by atoms with van der Waals surface area (Å²) in [4.78, 5) is 17.0. The van der Waals surface area contributed by atoms with E-state index in [-0.39, 0.29) is 17.8 Å². The number of hydrogen-bond donors (Lipinski definition) is 1. The first-order chi connectivity index (χ1) is 11.7. The molecule has 6 heteroatoms. The highest BCUT2D eigenvalue weighted by Crippen LogP contribution is 2.37. The Morgan fingerprint density at radius 2 is 1.96 bits per heavy atom. The van der Waals surface area contributed by atoms with E-state index in [0.29, 0.717) is 10.8 Å².